The normalized spacial score (nSPS) is 25.6. The van der Waals surface area contributed by atoms with Crippen molar-refractivity contribution < 1.29 is 14.4 Å². The number of nitrogens with zero attached hydrogens (tertiary/aromatic N) is 3. The summed E-state index contributed by atoms with van der Waals surface area (Å²) < 4.78 is 0. The Balaban J connectivity index is 1.56. The third kappa shape index (κ3) is 5.96. The maximum Gasteiger partial charge on any atom is 0.231 e. The van der Waals surface area contributed by atoms with Crippen molar-refractivity contribution >= 4 is 34.7 Å². The van der Waals surface area contributed by atoms with Gasteiger partial charge in [-0.1, -0.05) is 42.1 Å². The van der Waals surface area contributed by atoms with Gasteiger partial charge < -0.3 is 15.5 Å². The van der Waals surface area contributed by atoms with E-state index in [2.05, 4.69) is 26.1 Å². The SMILES string of the molecule is CC(C)NC(=O)C1CCC2C(=O)N(Cc3ccccc3)C3NN=C(SCC(=O)NC(C)(C)C)N3C2C1. The van der Waals surface area contributed by atoms with Gasteiger partial charge in [-0.25, -0.2) is 0 Å². The Bertz CT molecular complexity index is 1010. The molecule has 36 heavy (non-hydrogen) atoms. The molecule has 3 amide bonds. The van der Waals surface area contributed by atoms with E-state index in [-0.39, 0.29) is 52.9 Å². The molecule has 3 aliphatic rings. The molecule has 1 saturated heterocycles. The summed E-state index contributed by atoms with van der Waals surface area (Å²) in [5.74, 6) is -0.0834. The highest BCUT2D eigenvalue weighted by atomic mass is 32.2. The minimum Gasteiger partial charge on any atom is -0.354 e. The smallest absolute Gasteiger partial charge is 0.231 e. The Hall–Kier alpha value is -2.75. The maximum absolute atomic E-state index is 13.7. The number of benzene rings is 1. The Labute approximate surface area is 217 Å². The van der Waals surface area contributed by atoms with E-state index in [1.165, 1.54) is 11.8 Å². The van der Waals surface area contributed by atoms with Crippen molar-refractivity contribution in [1.29, 1.82) is 0 Å². The lowest BCUT2D eigenvalue weighted by atomic mass is 9.75. The van der Waals surface area contributed by atoms with Gasteiger partial charge in [-0.05, 0) is 59.4 Å². The summed E-state index contributed by atoms with van der Waals surface area (Å²) >= 11 is 1.37. The zero-order chi connectivity index (χ0) is 26.0. The largest absolute Gasteiger partial charge is 0.354 e. The summed E-state index contributed by atoms with van der Waals surface area (Å²) in [6.45, 7) is 10.2. The molecule has 1 saturated carbocycles. The van der Waals surface area contributed by atoms with E-state index in [1.807, 2.05) is 69.9 Å². The molecule has 0 aromatic heterocycles. The van der Waals surface area contributed by atoms with E-state index in [9.17, 15) is 14.4 Å². The summed E-state index contributed by atoms with van der Waals surface area (Å²) in [6.07, 6.45) is 1.47. The van der Waals surface area contributed by atoms with Crippen LogP contribution < -0.4 is 16.1 Å². The molecule has 4 atom stereocenters. The first-order valence-corrected chi connectivity index (χ1v) is 13.7. The van der Waals surface area contributed by atoms with Crippen LogP contribution in [-0.2, 0) is 20.9 Å². The Morgan fingerprint density at radius 2 is 1.92 bits per heavy atom. The van der Waals surface area contributed by atoms with Crippen molar-refractivity contribution in [2.24, 2.45) is 16.9 Å². The molecule has 2 aliphatic heterocycles. The molecule has 2 heterocycles. The van der Waals surface area contributed by atoms with Crippen LogP contribution in [0.3, 0.4) is 0 Å². The van der Waals surface area contributed by atoms with Crippen molar-refractivity contribution in [3.63, 3.8) is 0 Å². The Kier molecular flexibility index (Phi) is 7.82. The van der Waals surface area contributed by atoms with Gasteiger partial charge >= 0.3 is 0 Å². The van der Waals surface area contributed by atoms with Crippen LogP contribution >= 0.6 is 11.8 Å². The Morgan fingerprint density at radius 3 is 2.58 bits per heavy atom. The Morgan fingerprint density at radius 1 is 1.19 bits per heavy atom. The topological polar surface area (TPSA) is 106 Å². The second-order valence-corrected chi connectivity index (χ2v) is 12.1. The fourth-order valence-corrected chi connectivity index (χ4v) is 6.07. The zero-order valence-corrected chi connectivity index (χ0v) is 22.6. The first-order chi connectivity index (χ1) is 17.0. The fraction of sp³-hybridized carbons (Fsp3) is 0.615. The van der Waals surface area contributed by atoms with Crippen molar-refractivity contribution in [3.8, 4) is 0 Å². The van der Waals surface area contributed by atoms with E-state index < -0.39 is 6.29 Å². The van der Waals surface area contributed by atoms with Crippen LogP contribution in [-0.4, -0.2) is 62.4 Å². The number of amidine groups is 1. The lowest BCUT2D eigenvalue weighted by molar-refractivity contribution is -0.159. The molecule has 1 aromatic rings. The molecule has 2 fully saturated rings. The molecule has 1 aromatic carbocycles. The molecular weight excluding hydrogens is 476 g/mol. The highest BCUT2D eigenvalue weighted by molar-refractivity contribution is 8.14. The number of amides is 3. The predicted octanol–water partition coefficient (Wildman–Crippen LogP) is 2.45. The summed E-state index contributed by atoms with van der Waals surface area (Å²) in [5.41, 5.74) is 3.89. The lowest BCUT2D eigenvalue weighted by Crippen LogP contribution is -2.67. The van der Waals surface area contributed by atoms with Gasteiger partial charge in [-0.2, -0.15) is 5.10 Å². The van der Waals surface area contributed by atoms with Crippen LogP contribution in [0.5, 0.6) is 0 Å². The quantitative estimate of drug-likeness (QED) is 0.539. The number of fused-ring (bicyclic) bond motifs is 3. The molecular formula is C26H38N6O3S. The summed E-state index contributed by atoms with van der Waals surface area (Å²) in [5, 5.41) is 11.3. The monoisotopic (exact) mass is 514 g/mol. The van der Waals surface area contributed by atoms with Gasteiger partial charge in [0.05, 0.1) is 11.7 Å². The standard InChI is InChI=1S/C26H38N6O3S/c1-16(2)27-22(34)18-11-12-19-20(13-18)32-24(31(23(19)35)14-17-9-7-6-8-10-17)29-30-25(32)36-15-21(33)28-26(3,4)5/h6-10,16,18-20,24,29H,11-15H2,1-5H3,(H,27,34)(H,28,33). The predicted molar refractivity (Wildman–Crippen MR) is 141 cm³/mol. The van der Waals surface area contributed by atoms with Crippen LogP contribution in [0.2, 0.25) is 0 Å². The second kappa shape index (κ2) is 10.7. The molecule has 0 spiro atoms. The summed E-state index contributed by atoms with van der Waals surface area (Å²) in [4.78, 5) is 43.1. The summed E-state index contributed by atoms with van der Waals surface area (Å²) in [6, 6.07) is 9.84. The average Bonchev–Trinajstić information content (AvgIpc) is 3.23. The van der Waals surface area contributed by atoms with Gasteiger partial charge in [-0.15, -0.1) is 0 Å². The van der Waals surface area contributed by atoms with Gasteiger partial charge in [0.15, 0.2) is 11.5 Å². The molecule has 9 nitrogen and oxygen atoms in total. The van der Waals surface area contributed by atoms with E-state index in [0.717, 1.165) is 5.56 Å². The van der Waals surface area contributed by atoms with Crippen LogP contribution in [0.15, 0.2) is 35.4 Å². The van der Waals surface area contributed by atoms with E-state index in [1.54, 1.807) is 0 Å². The number of carbonyl (C=O) groups is 3. The van der Waals surface area contributed by atoms with E-state index in [4.69, 9.17) is 0 Å². The van der Waals surface area contributed by atoms with Crippen LogP contribution in [0.25, 0.3) is 0 Å². The average molecular weight is 515 g/mol. The van der Waals surface area contributed by atoms with E-state index >= 15 is 0 Å². The second-order valence-electron chi connectivity index (χ2n) is 11.2. The third-order valence-corrected chi connectivity index (χ3v) is 7.64. The van der Waals surface area contributed by atoms with Crippen molar-refractivity contribution in [3.05, 3.63) is 35.9 Å². The first kappa shape index (κ1) is 26.3. The van der Waals surface area contributed by atoms with Crippen molar-refractivity contribution in [2.75, 3.05) is 5.75 Å². The van der Waals surface area contributed by atoms with Crippen molar-refractivity contribution in [1.82, 2.24) is 25.9 Å². The van der Waals surface area contributed by atoms with Gasteiger partial charge in [-0.3, -0.25) is 24.7 Å². The number of carbonyl (C=O) groups excluding carboxylic acids is 3. The molecule has 4 rings (SSSR count). The molecule has 0 radical (unpaired) electrons. The van der Waals surface area contributed by atoms with Gasteiger partial charge in [0.1, 0.15) is 0 Å². The molecule has 10 heteroatoms. The minimum atomic E-state index is -0.445. The minimum absolute atomic E-state index is 0.0435. The lowest BCUT2D eigenvalue weighted by Gasteiger charge is -2.51. The number of rotatable bonds is 6. The number of thioether (sulfide) groups is 1. The van der Waals surface area contributed by atoms with Crippen LogP contribution in [0, 0.1) is 11.8 Å². The molecule has 3 N–H and O–H groups in total. The van der Waals surface area contributed by atoms with Crippen LogP contribution in [0.4, 0.5) is 0 Å². The highest BCUT2D eigenvalue weighted by Gasteiger charge is 2.53. The molecule has 0 bridgehead atoms. The first-order valence-electron chi connectivity index (χ1n) is 12.7. The van der Waals surface area contributed by atoms with Crippen molar-refractivity contribution in [2.45, 2.75) is 84.3 Å². The van der Waals surface area contributed by atoms with E-state index in [0.29, 0.717) is 31.0 Å². The van der Waals surface area contributed by atoms with Crippen LogP contribution in [0.1, 0.15) is 59.4 Å². The fourth-order valence-electron chi connectivity index (χ4n) is 5.23. The van der Waals surface area contributed by atoms with Gasteiger partial charge in [0.2, 0.25) is 17.7 Å². The number of hydrogen-bond acceptors (Lipinski definition) is 7. The highest BCUT2D eigenvalue weighted by Crippen LogP contribution is 2.41. The number of hydrogen-bond donors (Lipinski definition) is 3. The molecule has 1 aliphatic carbocycles. The molecule has 196 valence electrons. The molecule has 4 unspecified atom stereocenters. The third-order valence-electron chi connectivity index (χ3n) is 6.67. The number of hydrazone groups is 1. The summed E-state index contributed by atoms with van der Waals surface area (Å²) in [7, 11) is 0. The van der Waals surface area contributed by atoms with Gasteiger partial charge in [0, 0.05) is 30.1 Å². The number of nitrogens with one attached hydrogen (secondary N) is 3. The zero-order valence-electron chi connectivity index (χ0n) is 21.8. The maximum atomic E-state index is 13.7. The van der Waals surface area contributed by atoms with Gasteiger partial charge in [0.25, 0.3) is 0 Å².